The van der Waals surface area contributed by atoms with Gasteiger partial charge in [-0.1, -0.05) is 0 Å². The average molecular weight is 444 g/mol. The molecule has 1 aliphatic heterocycles. The molecule has 9 nitrogen and oxygen atoms in total. The van der Waals surface area contributed by atoms with Gasteiger partial charge in [-0.05, 0) is 38.0 Å². The van der Waals surface area contributed by atoms with Gasteiger partial charge in [0.05, 0.1) is 11.3 Å². The van der Waals surface area contributed by atoms with Crippen LogP contribution in [0.1, 0.15) is 19.8 Å². The third kappa shape index (κ3) is 3.81. The highest BCUT2D eigenvalue weighted by Gasteiger charge is 2.24. The summed E-state index contributed by atoms with van der Waals surface area (Å²) in [7, 11) is 0. The van der Waals surface area contributed by atoms with Gasteiger partial charge in [-0.2, -0.15) is 4.98 Å². The minimum atomic E-state index is -1.20. The first-order valence-corrected chi connectivity index (χ1v) is 10.2. The number of nitrogen functional groups attached to an aromatic ring is 1. The standard InChI is InChI=1S/C21H22F2N6O3/c1-2-29-18-11(8-14(19(29)30)13-5-6-15(24)17(23)16(13)22)9-25-20(27-18)26-12-4-3-7-28(10-12)21(31)32/h5-6,8-9,12H,2-4,7,10,24H2,1H3,(H,31,32)(H,25,26,27)/t12-/m0/s1. The van der Waals surface area contributed by atoms with Crippen molar-refractivity contribution in [3.8, 4) is 11.1 Å². The molecule has 1 aliphatic rings. The van der Waals surface area contributed by atoms with Crippen LogP contribution in [-0.4, -0.2) is 49.8 Å². The number of halogens is 2. The highest BCUT2D eigenvalue weighted by molar-refractivity contribution is 5.82. The van der Waals surface area contributed by atoms with E-state index < -0.39 is 23.3 Å². The highest BCUT2D eigenvalue weighted by Crippen LogP contribution is 2.27. The van der Waals surface area contributed by atoms with Gasteiger partial charge in [-0.15, -0.1) is 0 Å². The zero-order valence-electron chi connectivity index (χ0n) is 17.3. The van der Waals surface area contributed by atoms with E-state index in [2.05, 4.69) is 15.3 Å². The normalized spacial score (nSPS) is 16.3. The molecule has 1 atom stereocenters. The zero-order chi connectivity index (χ0) is 23.0. The molecule has 0 unspecified atom stereocenters. The molecule has 2 aromatic heterocycles. The fourth-order valence-corrected chi connectivity index (χ4v) is 3.94. The lowest BCUT2D eigenvalue weighted by Gasteiger charge is -2.31. The summed E-state index contributed by atoms with van der Waals surface area (Å²) in [6, 6.07) is 3.74. The number of nitrogens with one attached hydrogen (secondary N) is 1. The van der Waals surface area contributed by atoms with Crippen molar-refractivity contribution in [2.75, 3.05) is 24.1 Å². The van der Waals surface area contributed by atoms with E-state index in [1.807, 2.05) is 0 Å². The van der Waals surface area contributed by atoms with Gasteiger partial charge in [-0.25, -0.2) is 18.6 Å². The van der Waals surface area contributed by atoms with Crippen molar-refractivity contribution in [2.45, 2.75) is 32.4 Å². The minimum Gasteiger partial charge on any atom is -0.465 e. The van der Waals surface area contributed by atoms with E-state index in [1.54, 1.807) is 6.92 Å². The number of carboxylic acid groups (broad SMARTS) is 1. The van der Waals surface area contributed by atoms with Gasteiger partial charge >= 0.3 is 6.09 Å². The van der Waals surface area contributed by atoms with Gasteiger partial charge in [-0.3, -0.25) is 9.36 Å². The Labute approximate surface area is 181 Å². The number of piperidine rings is 1. The monoisotopic (exact) mass is 444 g/mol. The molecule has 0 bridgehead atoms. The molecule has 0 aliphatic carbocycles. The highest BCUT2D eigenvalue weighted by atomic mass is 19.2. The molecule has 1 amide bonds. The Balaban J connectivity index is 1.74. The number of benzene rings is 1. The molecule has 11 heteroatoms. The number of aryl methyl sites for hydroxylation is 1. The second-order valence-corrected chi connectivity index (χ2v) is 7.62. The molecule has 1 saturated heterocycles. The number of hydrogen-bond donors (Lipinski definition) is 3. The van der Waals surface area contributed by atoms with E-state index in [0.717, 1.165) is 6.42 Å². The second-order valence-electron chi connectivity index (χ2n) is 7.62. The Hall–Kier alpha value is -3.76. The molecule has 1 fully saturated rings. The van der Waals surface area contributed by atoms with Crippen LogP contribution in [0.3, 0.4) is 0 Å². The van der Waals surface area contributed by atoms with Gasteiger partial charge in [0.25, 0.3) is 5.56 Å². The van der Waals surface area contributed by atoms with Crippen LogP contribution in [0.5, 0.6) is 0 Å². The van der Waals surface area contributed by atoms with Crippen LogP contribution < -0.4 is 16.6 Å². The number of carbonyl (C=O) groups is 1. The second kappa shape index (κ2) is 8.40. The number of aromatic nitrogens is 3. The molecular formula is C21H22F2N6O3. The third-order valence-electron chi connectivity index (χ3n) is 5.57. The molecule has 0 saturated carbocycles. The van der Waals surface area contributed by atoms with Crippen LogP contribution in [-0.2, 0) is 6.54 Å². The average Bonchev–Trinajstić information content (AvgIpc) is 2.78. The van der Waals surface area contributed by atoms with E-state index >= 15 is 0 Å². The summed E-state index contributed by atoms with van der Waals surface area (Å²) in [5.41, 5.74) is 4.66. The Morgan fingerprint density at radius 3 is 2.81 bits per heavy atom. The number of fused-ring (bicyclic) bond motifs is 1. The topological polar surface area (TPSA) is 126 Å². The summed E-state index contributed by atoms with van der Waals surface area (Å²) in [5.74, 6) is -2.14. The summed E-state index contributed by atoms with van der Waals surface area (Å²) in [6.07, 6.45) is 1.98. The number of nitrogens with zero attached hydrogens (tertiary/aromatic N) is 4. The van der Waals surface area contributed by atoms with Crippen LogP contribution in [0.2, 0.25) is 0 Å². The molecule has 3 aromatic rings. The van der Waals surface area contributed by atoms with Crippen LogP contribution in [0.25, 0.3) is 22.2 Å². The summed E-state index contributed by atoms with van der Waals surface area (Å²) >= 11 is 0. The predicted octanol–water partition coefficient (Wildman–Crippen LogP) is 2.89. The first-order valence-electron chi connectivity index (χ1n) is 10.2. The summed E-state index contributed by atoms with van der Waals surface area (Å²) < 4.78 is 29.8. The Morgan fingerprint density at radius 1 is 1.31 bits per heavy atom. The van der Waals surface area contributed by atoms with E-state index in [9.17, 15) is 23.5 Å². The van der Waals surface area contributed by atoms with Crippen molar-refractivity contribution in [3.63, 3.8) is 0 Å². The van der Waals surface area contributed by atoms with Gasteiger partial charge in [0, 0.05) is 42.8 Å². The predicted molar refractivity (Wildman–Crippen MR) is 115 cm³/mol. The van der Waals surface area contributed by atoms with Crippen molar-refractivity contribution >= 4 is 28.8 Å². The Kier molecular flexibility index (Phi) is 5.64. The fourth-order valence-electron chi connectivity index (χ4n) is 3.94. The number of pyridine rings is 1. The van der Waals surface area contributed by atoms with Crippen LogP contribution in [0, 0.1) is 11.6 Å². The number of likely N-dealkylation sites (tertiary alicyclic amines) is 1. The lowest BCUT2D eigenvalue weighted by atomic mass is 10.0. The molecule has 32 heavy (non-hydrogen) atoms. The van der Waals surface area contributed by atoms with E-state index in [0.29, 0.717) is 30.5 Å². The smallest absolute Gasteiger partial charge is 0.407 e. The molecule has 4 rings (SSSR count). The van der Waals surface area contributed by atoms with Gasteiger partial charge in [0.15, 0.2) is 11.6 Å². The first-order chi connectivity index (χ1) is 15.3. The maximum atomic E-state index is 14.5. The summed E-state index contributed by atoms with van der Waals surface area (Å²) in [6.45, 7) is 2.77. The lowest BCUT2D eigenvalue weighted by molar-refractivity contribution is 0.132. The molecule has 3 heterocycles. The molecule has 0 radical (unpaired) electrons. The van der Waals surface area contributed by atoms with Crippen molar-refractivity contribution in [1.82, 2.24) is 19.4 Å². The van der Waals surface area contributed by atoms with Crippen LogP contribution in [0.15, 0.2) is 29.2 Å². The van der Waals surface area contributed by atoms with Gasteiger partial charge in [0.1, 0.15) is 5.65 Å². The van der Waals surface area contributed by atoms with Gasteiger partial charge in [0.2, 0.25) is 5.95 Å². The van der Waals surface area contributed by atoms with E-state index in [4.69, 9.17) is 5.73 Å². The number of hydrogen-bond acceptors (Lipinski definition) is 6. The summed E-state index contributed by atoms with van der Waals surface area (Å²) in [5, 5.41) is 12.8. The minimum absolute atomic E-state index is 0.0237. The Bertz CT molecular complexity index is 1260. The molecule has 1 aromatic carbocycles. The van der Waals surface area contributed by atoms with Crippen molar-refractivity contribution in [1.29, 1.82) is 0 Å². The summed E-state index contributed by atoms with van der Waals surface area (Å²) in [4.78, 5) is 34.4. The maximum Gasteiger partial charge on any atom is 0.407 e. The number of anilines is 2. The zero-order valence-corrected chi connectivity index (χ0v) is 17.3. The Morgan fingerprint density at radius 2 is 2.09 bits per heavy atom. The molecular weight excluding hydrogens is 422 g/mol. The molecule has 4 N–H and O–H groups in total. The van der Waals surface area contributed by atoms with Crippen molar-refractivity contribution < 1.29 is 18.7 Å². The van der Waals surface area contributed by atoms with Gasteiger partial charge < -0.3 is 21.1 Å². The largest absolute Gasteiger partial charge is 0.465 e. The quantitative estimate of drug-likeness (QED) is 0.528. The molecule has 168 valence electrons. The molecule has 0 spiro atoms. The van der Waals surface area contributed by atoms with E-state index in [-0.39, 0.29) is 35.3 Å². The number of amides is 1. The number of nitrogens with two attached hydrogens (primary N) is 1. The lowest BCUT2D eigenvalue weighted by Crippen LogP contribution is -2.44. The third-order valence-corrected chi connectivity index (χ3v) is 5.57. The maximum absolute atomic E-state index is 14.5. The SMILES string of the molecule is CCn1c(=O)c(-c2ccc(N)c(F)c2F)cc2cnc(N[C@H]3CCCN(C(=O)O)C3)nc21. The fraction of sp³-hybridized carbons (Fsp3) is 0.333. The number of rotatable bonds is 4. The van der Waals surface area contributed by atoms with Crippen molar-refractivity contribution in [2.24, 2.45) is 0 Å². The van der Waals surface area contributed by atoms with Crippen molar-refractivity contribution in [3.05, 3.63) is 46.4 Å². The van der Waals surface area contributed by atoms with Crippen LogP contribution >= 0.6 is 0 Å². The van der Waals surface area contributed by atoms with Crippen LogP contribution in [0.4, 0.5) is 25.2 Å². The first kappa shape index (κ1) is 21.5. The van der Waals surface area contributed by atoms with E-state index in [1.165, 1.54) is 33.9 Å².